The number of rotatable bonds is 2. The predicted octanol–water partition coefficient (Wildman–Crippen LogP) is 4.64. The summed E-state index contributed by atoms with van der Waals surface area (Å²) in [6, 6.07) is 12.0. The molecule has 1 heterocycles. The second-order valence-corrected chi connectivity index (χ2v) is 5.24. The molecule has 2 aromatic carbocycles. The number of halogens is 1. The maximum Gasteiger partial charge on any atom is 0.141 e. The van der Waals surface area contributed by atoms with Crippen LogP contribution in [0.2, 0.25) is 5.02 Å². The fraction of sp³-hybridized carbons (Fsp3) is 0.125. The molecular formula is C16H14ClN3. The van der Waals surface area contributed by atoms with Crippen LogP contribution in [0, 0.1) is 13.8 Å². The summed E-state index contributed by atoms with van der Waals surface area (Å²) in [5.74, 6) is 0.790. The number of hydrogen-bond donors (Lipinski definition) is 1. The average Bonchev–Trinajstić information content (AvgIpc) is 2.44. The Balaban J connectivity index is 2.05. The summed E-state index contributed by atoms with van der Waals surface area (Å²) in [4.78, 5) is 8.61. The molecule has 0 unspecified atom stereocenters. The van der Waals surface area contributed by atoms with Crippen molar-refractivity contribution in [3.63, 3.8) is 0 Å². The topological polar surface area (TPSA) is 37.8 Å². The molecule has 3 rings (SSSR count). The normalized spacial score (nSPS) is 10.8. The van der Waals surface area contributed by atoms with E-state index >= 15 is 0 Å². The van der Waals surface area contributed by atoms with Gasteiger partial charge in [0.05, 0.1) is 5.52 Å². The SMILES string of the molecule is Cc1ccc2ncnc(Nc3ccc(C)c(Cl)c3)c2c1. The smallest absolute Gasteiger partial charge is 0.141 e. The molecule has 100 valence electrons. The molecule has 1 N–H and O–H groups in total. The maximum absolute atomic E-state index is 6.15. The number of aryl methyl sites for hydroxylation is 2. The Hall–Kier alpha value is -2.13. The lowest BCUT2D eigenvalue weighted by Crippen LogP contribution is -1.96. The Labute approximate surface area is 122 Å². The van der Waals surface area contributed by atoms with E-state index in [0.29, 0.717) is 0 Å². The van der Waals surface area contributed by atoms with Crippen LogP contribution in [0.15, 0.2) is 42.7 Å². The number of benzene rings is 2. The predicted molar refractivity (Wildman–Crippen MR) is 83.7 cm³/mol. The van der Waals surface area contributed by atoms with Crippen molar-refractivity contribution in [2.45, 2.75) is 13.8 Å². The third-order valence-corrected chi connectivity index (χ3v) is 3.63. The molecule has 3 nitrogen and oxygen atoms in total. The van der Waals surface area contributed by atoms with Gasteiger partial charge in [0.1, 0.15) is 12.1 Å². The van der Waals surface area contributed by atoms with Gasteiger partial charge in [-0.15, -0.1) is 0 Å². The van der Waals surface area contributed by atoms with Crippen LogP contribution >= 0.6 is 11.6 Å². The van der Waals surface area contributed by atoms with E-state index in [9.17, 15) is 0 Å². The third kappa shape index (κ3) is 2.45. The van der Waals surface area contributed by atoms with Crippen LogP contribution in [0.3, 0.4) is 0 Å². The highest BCUT2D eigenvalue weighted by Gasteiger charge is 2.05. The fourth-order valence-corrected chi connectivity index (χ4v) is 2.26. The van der Waals surface area contributed by atoms with E-state index < -0.39 is 0 Å². The van der Waals surface area contributed by atoms with Crippen LogP contribution in [0.1, 0.15) is 11.1 Å². The molecule has 0 saturated heterocycles. The highest BCUT2D eigenvalue weighted by Crippen LogP contribution is 2.26. The van der Waals surface area contributed by atoms with Crippen molar-refractivity contribution in [2.75, 3.05) is 5.32 Å². The first-order chi connectivity index (χ1) is 9.63. The van der Waals surface area contributed by atoms with E-state index in [1.165, 1.54) is 5.56 Å². The Morgan fingerprint density at radius 3 is 2.65 bits per heavy atom. The molecule has 0 fully saturated rings. The number of aromatic nitrogens is 2. The van der Waals surface area contributed by atoms with E-state index in [4.69, 9.17) is 11.6 Å². The number of nitrogens with one attached hydrogen (secondary N) is 1. The summed E-state index contributed by atoms with van der Waals surface area (Å²) in [6.45, 7) is 4.04. The molecule has 3 aromatic rings. The lowest BCUT2D eigenvalue weighted by molar-refractivity contribution is 1.21. The minimum atomic E-state index is 0.740. The van der Waals surface area contributed by atoms with Crippen molar-refractivity contribution in [1.29, 1.82) is 0 Å². The number of nitrogens with zero attached hydrogens (tertiary/aromatic N) is 2. The molecule has 4 heteroatoms. The van der Waals surface area contributed by atoms with Gasteiger partial charge in [0, 0.05) is 16.1 Å². The minimum Gasteiger partial charge on any atom is -0.340 e. The van der Waals surface area contributed by atoms with Gasteiger partial charge in [0.25, 0.3) is 0 Å². The first-order valence-corrected chi connectivity index (χ1v) is 6.76. The van der Waals surface area contributed by atoms with Crippen LogP contribution in [0.25, 0.3) is 10.9 Å². The quantitative estimate of drug-likeness (QED) is 0.744. The largest absolute Gasteiger partial charge is 0.340 e. The third-order valence-electron chi connectivity index (χ3n) is 3.23. The van der Waals surface area contributed by atoms with Crippen molar-refractivity contribution in [3.8, 4) is 0 Å². The zero-order valence-electron chi connectivity index (χ0n) is 11.3. The van der Waals surface area contributed by atoms with Gasteiger partial charge in [-0.05, 0) is 43.7 Å². The van der Waals surface area contributed by atoms with Crippen molar-refractivity contribution < 1.29 is 0 Å². The lowest BCUT2D eigenvalue weighted by atomic mass is 10.1. The van der Waals surface area contributed by atoms with Gasteiger partial charge >= 0.3 is 0 Å². The average molecular weight is 284 g/mol. The first-order valence-electron chi connectivity index (χ1n) is 6.38. The number of anilines is 2. The van der Waals surface area contributed by atoms with Gasteiger partial charge < -0.3 is 5.32 Å². The Morgan fingerprint density at radius 1 is 1.00 bits per heavy atom. The molecule has 0 bridgehead atoms. The summed E-state index contributed by atoms with van der Waals surface area (Å²) in [5, 5.41) is 5.05. The van der Waals surface area contributed by atoms with Gasteiger partial charge in [0.15, 0.2) is 0 Å². The van der Waals surface area contributed by atoms with Crippen molar-refractivity contribution in [2.24, 2.45) is 0 Å². The fourth-order valence-electron chi connectivity index (χ4n) is 2.08. The van der Waals surface area contributed by atoms with E-state index in [1.54, 1.807) is 6.33 Å². The van der Waals surface area contributed by atoms with E-state index in [0.717, 1.165) is 33.0 Å². The van der Waals surface area contributed by atoms with Crippen LogP contribution in [0.5, 0.6) is 0 Å². The Kier molecular flexibility index (Phi) is 3.28. The van der Waals surface area contributed by atoms with Crippen LogP contribution in [-0.2, 0) is 0 Å². The van der Waals surface area contributed by atoms with Gasteiger partial charge in [-0.2, -0.15) is 0 Å². The van der Waals surface area contributed by atoms with E-state index in [2.05, 4.69) is 28.3 Å². The zero-order valence-corrected chi connectivity index (χ0v) is 12.1. The Bertz CT molecular complexity index is 784. The molecule has 0 amide bonds. The van der Waals surface area contributed by atoms with Gasteiger partial charge in [-0.25, -0.2) is 9.97 Å². The molecule has 0 atom stereocenters. The molecule has 0 radical (unpaired) electrons. The summed E-state index contributed by atoms with van der Waals surface area (Å²) in [5.41, 5.74) is 4.08. The summed E-state index contributed by atoms with van der Waals surface area (Å²) >= 11 is 6.15. The molecule has 0 saturated carbocycles. The van der Waals surface area contributed by atoms with Crippen LogP contribution in [0.4, 0.5) is 11.5 Å². The number of fused-ring (bicyclic) bond motifs is 1. The van der Waals surface area contributed by atoms with E-state index in [-0.39, 0.29) is 0 Å². The maximum atomic E-state index is 6.15. The van der Waals surface area contributed by atoms with Crippen molar-refractivity contribution in [3.05, 3.63) is 58.9 Å². The molecule has 0 aliphatic carbocycles. The summed E-state index contributed by atoms with van der Waals surface area (Å²) in [6.07, 6.45) is 1.57. The van der Waals surface area contributed by atoms with Crippen molar-refractivity contribution in [1.82, 2.24) is 9.97 Å². The monoisotopic (exact) mass is 283 g/mol. The Morgan fingerprint density at radius 2 is 1.85 bits per heavy atom. The van der Waals surface area contributed by atoms with Gasteiger partial charge in [-0.3, -0.25) is 0 Å². The number of hydrogen-bond acceptors (Lipinski definition) is 3. The lowest BCUT2D eigenvalue weighted by Gasteiger charge is -2.10. The molecule has 0 spiro atoms. The minimum absolute atomic E-state index is 0.740. The summed E-state index contributed by atoms with van der Waals surface area (Å²) in [7, 11) is 0. The summed E-state index contributed by atoms with van der Waals surface area (Å²) < 4.78 is 0. The zero-order chi connectivity index (χ0) is 14.1. The standard InChI is InChI=1S/C16H14ClN3/c1-10-3-6-15-13(7-10)16(19-9-18-15)20-12-5-4-11(2)14(17)8-12/h3-9H,1-2H3,(H,18,19,20). The highest BCUT2D eigenvalue weighted by atomic mass is 35.5. The van der Waals surface area contributed by atoms with E-state index in [1.807, 2.05) is 37.3 Å². The van der Waals surface area contributed by atoms with Crippen molar-refractivity contribution >= 4 is 34.0 Å². The van der Waals surface area contributed by atoms with Gasteiger partial charge in [-0.1, -0.05) is 29.3 Å². The first kappa shape index (κ1) is 12.9. The molecule has 20 heavy (non-hydrogen) atoms. The second kappa shape index (κ2) is 5.10. The molecular weight excluding hydrogens is 270 g/mol. The van der Waals surface area contributed by atoms with Crippen LogP contribution < -0.4 is 5.32 Å². The second-order valence-electron chi connectivity index (χ2n) is 4.83. The highest BCUT2D eigenvalue weighted by molar-refractivity contribution is 6.31. The van der Waals surface area contributed by atoms with Crippen LogP contribution in [-0.4, -0.2) is 9.97 Å². The molecule has 0 aliphatic heterocycles. The molecule has 0 aliphatic rings. The van der Waals surface area contributed by atoms with Gasteiger partial charge in [0.2, 0.25) is 0 Å². The molecule has 1 aromatic heterocycles.